The van der Waals surface area contributed by atoms with E-state index in [1.807, 2.05) is 13.1 Å². The Morgan fingerprint density at radius 2 is 2.00 bits per heavy atom. The SMILES string of the molecule is Cc1ncc(-c2cn[nH]n2)n1C(C)(C)C. The maximum absolute atomic E-state index is 4.32. The number of aromatic nitrogens is 5. The molecule has 0 unspecified atom stereocenters. The molecule has 2 heterocycles. The molecule has 0 fully saturated rings. The molecule has 0 saturated carbocycles. The fraction of sp³-hybridized carbons (Fsp3) is 0.500. The third-order valence-corrected chi connectivity index (χ3v) is 2.29. The topological polar surface area (TPSA) is 59.4 Å². The van der Waals surface area contributed by atoms with Crippen LogP contribution in [0.5, 0.6) is 0 Å². The van der Waals surface area contributed by atoms with Gasteiger partial charge in [-0.05, 0) is 27.7 Å². The summed E-state index contributed by atoms with van der Waals surface area (Å²) in [4.78, 5) is 4.32. The molecule has 0 bridgehead atoms. The second-order valence-corrected chi connectivity index (χ2v) is 4.55. The monoisotopic (exact) mass is 205 g/mol. The Balaban J connectivity index is 2.59. The minimum absolute atomic E-state index is 0.00509. The van der Waals surface area contributed by atoms with Gasteiger partial charge in [0, 0.05) is 5.54 Å². The normalized spacial score (nSPS) is 12.0. The highest BCUT2D eigenvalue weighted by atomic mass is 15.3. The van der Waals surface area contributed by atoms with Crippen molar-refractivity contribution in [2.75, 3.05) is 0 Å². The van der Waals surface area contributed by atoms with Crippen molar-refractivity contribution in [3.63, 3.8) is 0 Å². The zero-order chi connectivity index (χ0) is 11.1. The van der Waals surface area contributed by atoms with E-state index in [4.69, 9.17) is 0 Å². The Bertz CT molecular complexity index is 447. The van der Waals surface area contributed by atoms with E-state index in [0.717, 1.165) is 17.2 Å². The highest BCUT2D eigenvalue weighted by Crippen LogP contribution is 2.25. The maximum atomic E-state index is 4.32. The second kappa shape index (κ2) is 3.18. The van der Waals surface area contributed by atoms with Crippen LogP contribution in [0.2, 0.25) is 0 Å². The minimum Gasteiger partial charge on any atom is -0.321 e. The maximum Gasteiger partial charge on any atom is 0.130 e. The lowest BCUT2D eigenvalue weighted by Gasteiger charge is -2.24. The molecular formula is C10H15N5. The Kier molecular flexibility index (Phi) is 2.10. The lowest BCUT2D eigenvalue weighted by atomic mass is 10.1. The molecule has 2 aromatic heterocycles. The van der Waals surface area contributed by atoms with E-state index in [0.29, 0.717) is 0 Å². The molecule has 5 nitrogen and oxygen atoms in total. The molecular weight excluding hydrogens is 190 g/mol. The summed E-state index contributed by atoms with van der Waals surface area (Å²) in [6.07, 6.45) is 3.54. The van der Waals surface area contributed by atoms with Crippen LogP contribution in [0.1, 0.15) is 26.6 Å². The first-order valence-corrected chi connectivity index (χ1v) is 4.91. The van der Waals surface area contributed by atoms with Crippen LogP contribution in [0.4, 0.5) is 0 Å². The van der Waals surface area contributed by atoms with Gasteiger partial charge in [-0.3, -0.25) is 0 Å². The van der Waals surface area contributed by atoms with Crippen LogP contribution in [0.15, 0.2) is 12.4 Å². The second-order valence-electron chi connectivity index (χ2n) is 4.55. The van der Waals surface area contributed by atoms with Gasteiger partial charge in [-0.15, -0.1) is 0 Å². The molecule has 2 rings (SSSR count). The number of aryl methyl sites for hydroxylation is 1. The Morgan fingerprint density at radius 3 is 2.53 bits per heavy atom. The van der Waals surface area contributed by atoms with Gasteiger partial charge in [0.15, 0.2) is 0 Å². The van der Waals surface area contributed by atoms with Gasteiger partial charge >= 0.3 is 0 Å². The van der Waals surface area contributed by atoms with Crippen molar-refractivity contribution in [2.45, 2.75) is 33.2 Å². The molecule has 0 aromatic carbocycles. The predicted molar refractivity (Wildman–Crippen MR) is 57.3 cm³/mol. The summed E-state index contributed by atoms with van der Waals surface area (Å²) in [6.45, 7) is 8.43. The average molecular weight is 205 g/mol. The smallest absolute Gasteiger partial charge is 0.130 e. The summed E-state index contributed by atoms with van der Waals surface area (Å²) in [6, 6.07) is 0. The standard InChI is InChI=1S/C10H15N5/c1-7-11-6-9(8-5-12-14-13-8)15(7)10(2,3)4/h5-6H,1-4H3,(H,12,13,14). The molecule has 0 atom stereocenters. The third kappa shape index (κ3) is 1.65. The van der Waals surface area contributed by atoms with Crippen molar-refractivity contribution in [1.82, 2.24) is 25.0 Å². The van der Waals surface area contributed by atoms with Crippen molar-refractivity contribution >= 4 is 0 Å². The Hall–Kier alpha value is -1.65. The van der Waals surface area contributed by atoms with E-state index >= 15 is 0 Å². The Morgan fingerprint density at radius 1 is 1.27 bits per heavy atom. The fourth-order valence-corrected chi connectivity index (χ4v) is 1.80. The van der Waals surface area contributed by atoms with Crippen molar-refractivity contribution in [2.24, 2.45) is 0 Å². The molecule has 15 heavy (non-hydrogen) atoms. The molecule has 0 amide bonds. The molecule has 0 saturated heterocycles. The first-order valence-electron chi connectivity index (χ1n) is 4.91. The van der Waals surface area contributed by atoms with Crippen LogP contribution in [-0.2, 0) is 5.54 Å². The summed E-state index contributed by atoms with van der Waals surface area (Å²) in [7, 11) is 0. The van der Waals surface area contributed by atoms with Gasteiger partial charge in [-0.2, -0.15) is 15.4 Å². The molecule has 0 aliphatic rings. The van der Waals surface area contributed by atoms with Gasteiger partial charge in [-0.25, -0.2) is 4.98 Å². The highest BCUT2D eigenvalue weighted by Gasteiger charge is 2.21. The van der Waals surface area contributed by atoms with Gasteiger partial charge in [-0.1, -0.05) is 0 Å². The van der Waals surface area contributed by atoms with Crippen LogP contribution in [0, 0.1) is 6.92 Å². The first kappa shape index (κ1) is 9.89. The van der Waals surface area contributed by atoms with E-state index in [2.05, 4.69) is 45.7 Å². The number of rotatable bonds is 1. The van der Waals surface area contributed by atoms with Gasteiger partial charge < -0.3 is 4.57 Å². The van der Waals surface area contributed by atoms with Crippen LogP contribution < -0.4 is 0 Å². The number of hydrogen-bond donors (Lipinski definition) is 1. The summed E-state index contributed by atoms with van der Waals surface area (Å²) in [5.74, 6) is 0.987. The van der Waals surface area contributed by atoms with Crippen LogP contribution >= 0.6 is 0 Å². The molecule has 1 N–H and O–H groups in total. The molecule has 0 aliphatic carbocycles. The highest BCUT2D eigenvalue weighted by molar-refractivity contribution is 5.52. The van der Waals surface area contributed by atoms with E-state index in [1.165, 1.54) is 0 Å². The summed E-state index contributed by atoms with van der Waals surface area (Å²) in [5.41, 5.74) is 1.81. The molecule has 0 spiro atoms. The Labute approximate surface area is 88.5 Å². The molecule has 0 aliphatic heterocycles. The molecule has 0 radical (unpaired) electrons. The van der Waals surface area contributed by atoms with E-state index in [-0.39, 0.29) is 5.54 Å². The van der Waals surface area contributed by atoms with Gasteiger partial charge in [0.2, 0.25) is 0 Å². The van der Waals surface area contributed by atoms with Crippen LogP contribution in [0.3, 0.4) is 0 Å². The van der Waals surface area contributed by atoms with E-state index in [9.17, 15) is 0 Å². The summed E-state index contributed by atoms with van der Waals surface area (Å²) >= 11 is 0. The fourth-order valence-electron chi connectivity index (χ4n) is 1.80. The van der Waals surface area contributed by atoms with Crippen molar-refractivity contribution in [3.05, 3.63) is 18.2 Å². The number of nitrogens with zero attached hydrogens (tertiary/aromatic N) is 4. The predicted octanol–water partition coefficient (Wildman–Crippen LogP) is 1.73. The molecule has 5 heteroatoms. The largest absolute Gasteiger partial charge is 0.321 e. The van der Waals surface area contributed by atoms with Crippen LogP contribution in [0.25, 0.3) is 11.4 Å². The van der Waals surface area contributed by atoms with Gasteiger partial charge in [0.25, 0.3) is 0 Å². The van der Waals surface area contributed by atoms with Gasteiger partial charge in [0.05, 0.1) is 18.1 Å². The molecule has 80 valence electrons. The number of imidazole rings is 1. The lowest BCUT2D eigenvalue weighted by Crippen LogP contribution is -2.24. The van der Waals surface area contributed by atoms with Crippen molar-refractivity contribution in [3.8, 4) is 11.4 Å². The lowest BCUT2D eigenvalue weighted by molar-refractivity contribution is 0.391. The third-order valence-electron chi connectivity index (χ3n) is 2.29. The van der Waals surface area contributed by atoms with E-state index in [1.54, 1.807) is 6.20 Å². The van der Waals surface area contributed by atoms with Crippen LogP contribution in [-0.4, -0.2) is 25.0 Å². The zero-order valence-corrected chi connectivity index (χ0v) is 9.44. The van der Waals surface area contributed by atoms with Gasteiger partial charge in [0.1, 0.15) is 11.5 Å². The number of nitrogens with one attached hydrogen (secondary N) is 1. The number of aromatic amines is 1. The zero-order valence-electron chi connectivity index (χ0n) is 9.44. The van der Waals surface area contributed by atoms with Crippen molar-refractivity contribution < 1.29 is 0 Å². The average Bonchev–Trinajstić information content (AvgIpc) is 2.68. The van der Waals surface area contributed by atoms with Crippen molar-refractivity contribution in [1.29, 1.82) is 0 Å². The first-order chi connectivity index (χ1) is 7.00. The summed E-state index contributed by atoms with van der Waals surface area (Å²) in [5, 5.41) is 10.5. The quantitative estimate of drug-likeness (QED) is 0.771. The number of hydrogen-bond acceptors (Lipinski definition) is 3. The minimum atomic E-state index is -0.00509. The van der Waals surface area contributed by atoms with E-state index < -0.39 is 0 Å². The summed E-state index contributed by atoms with van der Waals surface area (Å²) < 4.78 is 2.16. The number of H-pyrrole nitrogens is 1. The molecule has 2 aromatic rings.